The van der Waals surface area contributed by atoms with Gasteiger partial charge in [-0.3, -0.25) is 9.59 Å². The number of aliphatic hydroxyl groups is 1. The van der Waals surface area contributed by atoms with Gasteiger partial charge in [-0.05, 0) is 41.7 Å². The molecule has 2 aliphatic rings. The van der Waals surface area contributed by atoms with Crippen LogP contribution in [-0.2, 0) is 32.2 Å². The SMILES string of the molecule is O=C(NCc1ccc(C2OC(CSc3nc4ccccc4s3)CC(c3ccc(CO)cc3)O2)cc1)C1CCCN1C(=O)C(F)(F)F. The van der Waals surface area contributed by atoms with E-state index in [0.29, 0.717) is 23.5 Å². The minimum absolute atomic E-state index is 0.0453. The lowest BCUT2D eigenvalue weighted by molar-refractivity contribution is -0.245. The number of benzene rings is 3. The summed E-state index contributed by atoms with van der Waals surface area (Å²) < 4.78 is 53.8. The molecule has 4 aromatic rings. The number of carbonyl (C=O) groups excluding carboxylic acids is 2. The lowest BCUT2D eigenvalue weighted by atomic mass is 10.0. The summed E-state index contributed by atoms with van der Waals surface area (Å²) in [6.07, 6.45) is -4.93. The maximum absolute atomic E-state index is 13.0. The summed E-state index contributed by atoms with van der Waals surface area (Å²) in [5.41, 5.74) is 4.27. The third-order valence-corrected chi connectivity index (χ3v) is 10.4. The van der Waals surface area contributed by atoms with Gasteiger partial charge >= 0.3 is 12.1 Å². The zero-order valence-electron chi connectivity index (χ0n) is 24.6. The van der Waals surface area contributed by atoms with Gasteiger partial charge in [-0.15, -0.1) is 11.3 Å². The van der Waals surface area contributed by atoms with Crippen LogP contribution in [0.5, 0.6) is 0 Å². The molecule has 0 radical (unpaired) electrons. The summed E-state index contributed by atoms with van der Waals surface area (Å²) in [5.74, 6) is -1.92. The number of likely N-dealkylation sites (tertiary alicyclic amines) is 1. The first-order valence-electron chi connectivity index (χ1n) is 14.9. The number of hydrogen-bond donors (Lipinski definition) is 2. The van der Waals surface area contributed by atoms with E-state index in [1.165, 1.54) is 0 Å². The number of alkyl halides is 3. The Morgan fingerprint density at radius 2 is 1.72 bits per heavy atom. The number of para-hydroxylation sites is 1. The fourth-order valence-electron chi connectivity index (χ4n) is 5.64. The molecule has 0 saturated carbocycles. The Balaban J connectivity index is 1.11. The normalized spacial score (nSPS) is 21.9. The van der Waals surface area contributed by atoms with Crippen molar-refractivity contribution < 1.29 is 37.3 Å². The predicted molar refractivity (Wildman–Crippen MR) is 168 cm³/mol. The number of nitrogens with zero attached hydrogens (tertiary/aromatic N) is 2. The Morgan fingerprint density at radius 3 is 2.43 bits per heavy atom. The molecule has 2 saturated heterocycles. The van der Waals surface area contributed by atoms with E-state index >= 15 is 0 Å². The Hall–Kier alpha value is -3.49. The van der Waals surface area contributed by atoms with Crippen molar-refractivity contribution in [3.05, 3.63) is 95.1 Å². The molecule has 4 unspecified atom stereocenters. The maximum atomic E-state index is 13.0. The number of rotatable bonds is 9. The monoisotopic (exact) mass is 671 g/mol. The molecule has 13 heteroatoms. The van der Waals surface area contributed by atoms with Crippen LogP contribution >= 0.6 is 23.1 Å². The third-order valence-electron chi connectivity index (χ3n) is 8.06. The van der Waals surface area contributed by atoms with E-state index in [1.807, 2.05) is 54.6 Å². The molecule has 8 nitrogen and oxygen atoms in total. The smallest absolute Gasteiger partial charge is 0.392 e. The first kappa shape index (κ1) is 32.5. The van der Waals surface area contributed by atoms with Crippen molar-refractivity contribution >= 4 is 45.1 Å². The number of amides is 2. The second kappa shape index (κ2) is 14.1. The molecule has 4 atom stereocenters. The van der Waals surface area contributed by atoms with Crippen molar-refractivity contribution in [2.45, 2.75) is 67.5 Å². The Bertz CT molecular complexity index is 1630. The highest BCUT2D eigenvalue weighted by atomic mass is 32.2. The molecular weight excluding hydrogens is 640 g/mol. The highest BCUT2D eigenvalue weighted by molar-refractivity contribution is 8.01. The summed E-state index contributed by atoms with van der Waals surface area (Å²) in [4.78, 5) is 29.8. The van der Waals surface area contributed by atoms with Crippen molar-refractivity contribution in [3.63, 3.8) is 0 Å². The van der Waals surface area contributed by atoms with Crippen LogP contribution in [0, 0.1) is 0 Å². The van der Waals surface area contributed by atoms with E-state index in [9.17, 15) is 27.9 Å². The summed E-state index contributed by atoms with van der Waals surface area (Å²) in [7, 11) is 0. The topological polar surface area (TPSA) is 101 Å². The number of fused-ring (bicyclic) bond motifs is 1. The number of ether oxygens (including phenoxy) is 2. The van der Waals surface area contributed by atoms with Gasteiger partial charge in [0.05, 0.1) is 29.0 Å². The van der Waals surface area contributed by atoms with Crippen LogP contribution in [0.2, 0.25) is 0 Å². The number of halogens is 3. The van der Waals surface area contributed by atoms with Crippen molar-refractivity contribution in [1.29, 1.82) is 0 Å². The van der Waals surface area contributed by atoms with Crippen LogP contribution < -0.4 is 5.32 Å². The van der Waals surface area contributed by atoms with Gasteiger partial charge in [0.2, 0.25) is 5.91 Å². The highest BCUT2D eigenvalue weighted by Gasteiger charge is 2.47. The van der Waals surface area contributed by atoms with Gasteiger partial charge in [-0.2, -0.15) is 13.2 Å². The van der Waals surface area contributed by atoms with E-state index in [2.05, 4.69) is 11.4 Å². The fraction of sp³-hybridized carbons (Fsp3) is 0.364. The minimum atomic E-state index is -5.02. The average Bonchev–Trinajstić information content (AvgIpc) is 3.73. The molecule has 242 valence electrons. The summed E-state index contributed by atoms with van der Waals surface area (Å²) >= 11 is 3.29. The summed E-state index contributed by atoms with van der Waals surface area (Å²) in [6.45, 7) is -0.0487. The van der Waals surface area contributed by atoms with Gasteiger partial charge in [-0.25, -0.2) is 4.98 Å². The number of aromatic nitrogens is 1. The van der Waals surface area contributed by atoms with Crippen molar-refractivity contribution in [2.75, 3.05) is 12.3 Å². The van der Waals surface area contributed by atoms with E-state index in [-0.39, 0.29) is 38.3 Å². The van der Waals surface area contributed by atoms with E-state index in [4.69, 9.17) is 14.5 Å². The number of thioether (sulfide) groups is 1. The molecule has 3 heterocycles. The second-order valence-electron chi connectivity index (χ2n) is 11.2. The average molecular weight is 672 g/mol. The van der Waals surface area contributed by atoms with E-state index in [0.717, 1.165) is 36.8 Å². The summed E-state index contributed by atoms with van der Waals surface area (Å²) in [6, 6.07) is 21.8. The number of aliphatic hydroxyl groups excluding tert-OH is 1. The maximum Gasteiger partial charge on any atom is 0.471 e. The zero-order chi connectivity index (χ0) is 32.3. The van der Waals surface area contributed by atoms with Crippen LogP contribution in [0.15, 0.2) is 77.1 Å². The minimum Gasteiger partial charge on any atom is -0.392 e. The van der Waals surface area contributed by atoms with E-state index < -0.39 is 30.3 Å². The van der Waals surface area contributed by atoms with Gasteiger partial charge in [-0.1, -0.05) is 72.4 Å². The van der Waals surface area contributed by atoms with Crippen molar-refractivity contribution in [1.82, 2.24) is 15.2 Å². The fourth-order valence-corrected chi connectivity index (χ4v) is 7.76. The van der Waals surface area contributed by atoms with E-state index in [1.54, 1.807) is 35.2 Å². The van der Waals surface area contributed by atoms with Crippen molar-refractivity contribution in [3.8, 4) is 0 Å². The third kappa shape index (κ3) is 7.55. The van der Waals surface area contributed by atoms with Crippen LogP contribution in [0.4, 0.5) is 13.2 Å². The number of nitrogens with one attached hydrogen (secondary N) is 1. The van der Waals surface area contributed by atoms with Gasteiger partial charge in [0.25, 0.3) is 0 Å². The molecule has 0 spiro atoms. The Morgan fingerprint density at radius 1 is 1.00 bits per heavy atom. The molecule has 46 heavy (non-hydrogen) atoms. The molecule has 2 fully saturated rings. The van der Waals surface area contributed by atoms with Crippen LogP contribution in [0.3, 0.4) is 0 Å². The van der Waals surface area contributed by atoms with Gasteiger partial charge in [0, 0.05) is 30.8 Å². The molecule has 2 N–H and O–H groups in total. The zero-order valence-corrected chi connectivity index (χ0v) is 26.2. The number of thiazole rings is 1. The molecule has 2 aliphatic heterocycles. The predicted octanol–water partition coefficient (Wildman–Crippen LogP) is 6.30. The highest BCUT2D eigenvalue weighted by Crippen LogP contribution is 2.40. The molecule has 6 rings (SSSR count). The van der Waals surface area contributed by atoms with Gasteiger partial charge < -0.3 is 24.8 Å². The van der Waals surface area contributed by atoms with Gasteiger partial charge in [0.1, 0.15) is 6.04 Å². The quantitative estimate of drug-likeness (QED) is 0.202. The molecule has 2 amide bonds. The molecule has 0 bridgehead atoms. The largest absolute Gasteiger partial charge is 0.471 e. The number of carbonyl (C=O) groups is 2. The number of hydrogen-bond acceptors (Lipinski definition) is 8. The van der Waals surface area contributed by atoms with Gasteiger partial charge in [0.15, 0.2) is 10.6 Å². The first-order valence-corrected chi connectivity index (χ1v) is 16.7. The molecule has 1 aromatic heterocycles. The van der Waals surface area contributed by atoms with Crippen molar-refractivity contribution in [2.24, 2.45) is 0 Å². The lowest BCUT2D eigenvalue weighted by Crippen LogP contribution is -2.50. The second-order valence-corrected chi connectivity index (χ2v) is 13.5. The Labute approximate surface area is 271 Å². The molecular formula is C33H32F3N3O5S2. The standard InChI is InChI=1S/C33H32F3N3O5S2/c34-33(35,36)31(42)39-15-3-5-26(39)29(41)37-17-20-7-13-23(14-8-20)30-43-24(16-27(44-30)22-11-9-21(18-40)10-12-22)19-45-32-38-25-4-1-2-6-28(25)46-32/h1-2,4,6-14,24,26-27,30,40H,3,5,15-19H2,(H,37,41). The summed E-state index contributed by atoms with van der Waals surface area (Å²) in [5, 5.41) is 12.1. The lowest BCUT2D eigenvalue weighted by Gasteiger charge is -2.36. The first-order chi connectivity index (χ1) is 22.2. The van der Waals surface area contributed by atoms with Crippen LogP contribution in [0.1, 0.15) is 53.9 Å². The van der Waals surface area contributed by atoms with Crippen LogP contribution in [-0.4, -0.2) is 57.4 Å². The molecule has 0 aliphatic carbocycles. The molecule has 3 aromatic carbocycles. The van der Waals surface area contributed by atoms with Crippen LogP contribution in [0.25, 0.3) is 10.2 Å². The Kier molecular flexibility index (Phi) is 9.95.